The third kappa shape index (κ3) is 27.8. The maximum atomic E-state index is 12.6. The molecule has 0 radical (unpaired) electrons. The summed E-state index contributed by atoms with van der Waals surface area (Å²) in [7, 11) is 5.49. The van der Waals surface area contributed by atoms with Gasteiger partial charge in [-0.25, -0.2) is 4.79 Å². The van der Waals surface area contributed by atoms with Crippen molar-refractivity contribution in [3.8, 4) is 0 Å². The Morgan fingerprint density at radius 2 is 1.24 bits per heavy atom. The van der Waals surface area contributed by atoms with Gasteiger partial charge in [0.1, 0.15) is 6.61 Å². The first-order valence-corrected chi connectivity index (χ1v) is 17.9. The number of carboxylic acid groups (broad SMARTS) is 1. The highest BCUT2D eigenvalue weighted by Gasteiger charge is 2.31. The number of carboxylic acids is 1. The lowest BCUT2D eigenvalue weighted by molar-refractivity contribution is -0.887. The van der Waals surface area contributed by atoms with Gasteiger partial charge in [-0.2, -0.15) is 0 Å². The van der Waals surface area contributed by atoms with Crippen molar-refractivity contribution in [1.29, 1.82) is 0 Å². The summed E-state index contributed by atoms with van der Waals surface area (Å²) in [4.78, 5) is 36.5. The Balaban J connectivity index is 4.42. The fraction of sp³-hybridized carbons (Fsp3) is 0.811. The molecule has 8 heteroatoms. The van der Waals surface area contributed by atoms with Gasteiger partial charge in [0.25, 0.3) is 0 Å². The van der Waals surface area contributed by atoms with Crippen molar-refractivity contribution in [3.63, 3.8) is 0 Å². The van der Waals surface area contributed by atoms with E-state index in [4.69, 9.17) is 14.2 Å². The molecule has 0 heterocycles. The molecule has 2 unspecified atom stereocenters. The number of hydrogen-bond donors (Lipinski definition) is 1. The van der Waals surface area contributed by atoms with E-state index in [2.05, 4.69) is 26.0 Å². The molecule has 0 spiro atoms. The number of quaternary nitrogens is 1. The fourth-order valence-corrected chi connectivity index (χ4v) is 5.09. The number of carbonyl (C=O) groups is 3. The van der Waals surface area contributed by atoms with Crippen LogP contribution in [0, 0.1) is 0 Å². The number of esters is 2. The summed E-state index contributed by atoms with van der Waals surface area (Å²) in [5.41, 5.74) is 0. The maximum absolute atomic E-state index is 12.6. The first kappa shape index (κ1) is 42.8. The second kappa shape index (κ2) is 29.2. The minimum Gasteiger partial charge on any atom is -0.477 e. The zero-order valence-electron chi connectivity index (χ0n) is 29.6. The zero-order valence-corrected chi connectivity index (χ0v) is 29.6. The Labute approximate surface area is 275 Å². The summed E-state index contributed by atoms with van der Waals surface area (Å²) in [5.74, 6) is -1.56. The molecule has 45 heavy (non-hydrogen) atoms. The Morgan fingerprint density at radius 3 is 1.78 bits per heavy atom. The molecule has 0 bridgehead atoms. The lowest BCUT2D eigenvalue weighted by Crippen LogP contribution is -2.50. The summed E-state index contributed by atoms with van der Waals surface area (Å²) in [6, 6.07) is -0.616. The van der Waals surface area contributed by atoms with E-state index >= 15 is 0 Å². The Bertz CT molecular complexity index is 803. The normalized spacial score (nSPS) is 13.4. The topological polar surface area (TPSA) is 99.1 Å². The molecule has 0 aromatic heterocycles. The number of aliphatic carboxylic acids is 1. The standard InChI is InChI=1S/C37H67NO7/c1-6-8-10-12-14-15-16-17-18-19-20-22-24-26-28-36(40)45-33(31-43-30-29-34(37(41)42)38(3,4)5)32-44-35(39)27-25-23-21-13-11-9-7-2/h9,11,21,23,33-34H,6-8,10,12-20,22,24-32H2,1-5H3/p+1/b11-9+,23-21+. The number of hydrogen-bond acceptors (Lipinski definition) is 6. The van der Waals surface area contributed by atoms with E-state index in [1.165, 1.54) is 70.6 Å². The number of rotatable bonds is 31. The van der Waals surface area contributed by atoms with Crippen LogP contribution < -0.4 is 0 Å². The van der Waals surface area contributed by atoms with Gasteiger partial charge in [0, 0.05) is 19.3 Å². The van der Waals surface area contributed by atoms with Crippen molar-refractivity contribution in [1.82, 2.24) is 0 Å². The van der Waals surface area contributed by atoms with Crippen LogP contribution in [0.15, 0.2) is 24.3 Å². The fourth-order valence-electron chi connectivity index (χ4n) is 5.09. The van der Waals surface area contributed by atoms with E-state index in [9.17, 15) is 19.5 Å². The quantitative estimate of drug-likeness (QED) is 0.0351. The molecule has 0 aliphatic carbocycles. The van der Waals surface area contributed by atoms with Crippen LogP contribution in [0.5, 0.6) is 0 Å². The van der Waals surface area contributed by atoms with Crippen molar-refractivity contribution in [2.75, 3.05) is 41.0 Å². The molecule has 8 nitrogen and oxygen atoms in total. The molecule has 0 aromatic rings. The molecule has 0 amide bonds. The van der Waals surface area contributed by atoms with Crippen LogP contribution in [-0.4, -0.2) is 80.6 Å². The SMILES string of the molecule is CC/C=C/C/C=C/CCC(=O)OCC(COCCC(C(=O)O)[N+](C)(C)C)OC(=O)CCCCCCCCCCCCCCCC. The maximum Gasteiger partial charge on any atom is 0.362 e. The molecule has 262 valence electrons. The first-order valence-electron chi connectivity index (χ1n) is 17.9. The summed E-state index contributed by atoms with van der Waals surface area (Å²) in [6.07, 6.45) is 28.3. The summed E-state index contributed by atoms with van der Waals surface area (Å²) in [5, 5.41) is 9.54. The van der Waals surface area contributed by atoms with Crippen LogP contribution in [0.3, 0.4) is 0 Å². The van der Waals surface area contributed by atoms with E-state index in [0.717, 1.165) is 32.1 Å². The second-order valence-electron chi connectivity index (χ2n) is 13.1. The van der Waals surface area contributed by atoms with Gasteiger partial charge in [0.05, 0.1) is 34.4 Å². The van der Waals surface area contributed by atoms with Gasteiger partial charge in [-0.15, -0.1) is 0 Å². The molecule has 0 aromatic carbocycles. The van der Waals surface area contributed by atoms with Crippen LogP contribution in [0.25, 0.3) is 0 Å². The van der Waals surface area contributed by atoms with Gasteiger partial charge in [0.15, 0.2) is 12.1 Å². The van der Waals surface area contributed by atoms with Gasteiger partial charge in [-0.05, 0) is 25.7 Å². The highest BCUT2D eigenvalue weighted by Crippen LogP contribution is 2.14. The van der Waals surface area contributed by atoms with Crippen molar-refractivity contribution in [2.24, 2.45) is 0 Å². The largest absolute Gasteiger partial charge is 0.477 e. The third-order valence-electron chi connectivity index (χ3n) is 7.88. The third-order valence-corrected chi connectivity index (χ3v) is 7.88. The van der Waals surface area contributed by atoms with E-state index in [0.29, 0.717) is 19.3 Å². The lowest BCUT2D eigenvalue weighted by Gasteiger charge is -2.31. The van der Waals surface area contributed by atoms with E-state index in [1.54, 1.807) is 0 Å². The number of likely N-dealkylation sites (N-methyl/N-ethyl adjacent to an activating group) is 1. The molecular weight excluding hydrogens is 570 g/mol. The Kier molecular flexibility index (Phi) is 27.8. The predicted octanol–water partition coefficient (Wildman–Crippen LogP) is 8.57. The number of nitrogens with zero attached hydrogens (tertiary/aromatic N) is 1. The van der Waals surface area contributed by atoms with Crippen LogP contribution in [-0.2, 0) is 28.6 Å². The molecular formula is C37H68NO7+. The van der Waals surface area contributed by atoms with Crippen molar-refractivity contribution >= 4 is 17.9 Å². The van der Waals surface area contributed by atoms with Crippen molar-refractivity contribution in [2.45, 2.75) is 154 Å². The minimum atomic E-state index is -0.883. The smallest absolute Gasteiger partial charge is 0.362 e. The number of unbranched alkanes of at least 4 members (excludes halogenated alkanes) is 13. The van der Waals surface area contributed by atoms with Crippen LogP contribution in [0.2, 0.25) is 0 Å². The molecule has 0 saturated heterocycles. The van der Waals surface area contributed by atoms with Gasteiger partial charge in [-0.1, -0.05) is 122 Å². The summed E-state index contributed by atoms with van der Waals surface area (Å²) in [6.45, 7) is 4.51. The molecule has 2 atom stereocenters. The molecule has 0 aliphatic rings. The van der Waals surface area contributed by atoms with E-state index in [1.807, 2.05) is 33.3 Å². The molecule has 1 N–H and O–H groups in total. The second-order valence-corrected chi connectivity index (χ2v) is 13.1. The average Bonchev–Trinajstić information content (AvgIpc) is 2.98. The molecule has 0 aliphatic heterocycles. The van der Waals surface area contributed by atoms with Gasteiger partial charge >= 0.3 is 17.9 Å². The van der Waals surface area contributed by atoms with Gasteiger partial charge < -0.3 is 23.8 Å². The highest BCUT2D eigenvalue weighted by molar-refractivity contribution is 5.72. The van der Waals surface area contributed by atoms with E-state index in [-0.39, 0.29) is 42.7 Å². The Hall–Kier alpha value is -2.19. The molecule has 0 fully saturated rings. The van der Waals surface area contributed by atoms with Crippen LogP contribution in [0.1, 0.15) is 142 Å². The van der Waals surface area contributed by atoms with Gasteiger partial charge in [-0.3, -0.25) is 9.59 Å². The number of allylic oxidation sites excluding steroid dienone is 4. The Morgan fingerprint density at radius 1 is 0.689 bits per heavy atom. The highest BCUT2D eigenvalue weighted by atomic mass is 16.6. The number of carbonyl (C=O) groups excluding carboxylic acids is 2. The lowest BCUT2D eigenvalue weighted by atomic mass is 10.0. The van der Waals surface area contributed by atoms with Gasteiger partial charge in [0.2, 0.25) is 0 Å². The molecule has 0 saturated carbocycles. The monoisotopic (exact) mass is 638 g/mol. The van der Waals surface area contributed by atoms with Crippen molar-refractivity contribution in [3.05, 3.63) is 24.3 Å². The zero-order chi connectivity index (χ0) is 33.6. The minimum absolute atomic E-state index is 0.0465. The first-order chi connectivity index (χ1) is 21.6. The van der Waals surface area contributed by atoms with Crippen LogP contribution >= 0.6 is 0 Å². The predicted molar refractivity (Wildman–Crippen MR) is 183 cm³/mol. The van der Waals surface area contributed by atoms with E-state index < -0.39 is 18.1 Å². The van der Waals surface area contributed by atoms with Crippen molar-refractivity contribution < 1.29 is 38.2 Å². The average molecular weight is 639 g/mol. The summed E-state index contributed by atoms with van der Waals surface area (Å²) < 4.78 is 17.0. The van der Waals surface area contributed by atoms with Crippen LogP contribution in [0.4, 0.5) is 0 Å². The summed E-state index contributed by atoms with van der Waals surface area (Å²) >= 11 is 0. The molecule has 0 rings (SSSR count). The number of ether oxygens (including phenoxy) is 3.